The minimum Gasteiger partial charge on any atom is -0.444 e. The summed E-state index contributed by atoms with van der Waals surface area (Å²) < 4.78 is 5.32. The Labute approximate surface area is 126 Å². The molecule has 0 aliphatic heterocycles. The third-order valence-corrected chi connectivity index (χ3v) is 2.92. The van der Waals surface area contributed by atoms with Gasteiger partial charge in [-0.25, -0.2) is 4.98 Å². The fourth-order valence-electron chi connectivity index (χ4n) is 1.96. The molecule has 0 spiro atoms. The monoisotopic (exact) mass is 288 g/mol. The van der Waals surface area contributed by atoms with Crippen molar-refractivity contribution >= 4 is 5.91 Å². The minimum atomic E-state index is -0.0849. The zero-order valence-electron chi connectivity index (χ0n) is 13.4. The van der Waals surface area contributed by atoms with Gasteiger partial charge in [-0.3, -0.25) is 4.79 Å². The molecular weight excluding hydrogens is 264 g/mol. The topological polar surface area (TPSA) is 55.1 Å². The standard InChI is InChI=1S/C15H18N2O2.C2H6/c1-10(2)13-6-4-5-7-14(13)15(18)17-9-12-8-16-11(3)19-12;1-2/h4-8,10H,9H2,1-3H3,(H,17,18);1-2H3. The van der Waals surface area contributed by atoms with Gasteiger partial charge in [0.25, 0.3) is 5.91 Å². The van der Waals surface area contributed by atoms with Gasteiger partial charge >= 0.3 is 0 Å². The van der Waals surface area contributed by atoms with Crippen molar-refractivity contribution in [2.24, 2.45) is 0 Å². The fraction of sp³-hybridized carbons (Fsp3) is 0.412. The molecule has 0 bridgehead atoms. The van der Waals surface area contributed by atoms with E-state index in [9.17, 15) is 4.79 Å². The zero-order chi connectivity index (χ0) is 15.8. The second kappa shape index (κ2) is 8.25. The summed E-state index contributed by atoms with van der Waals surface area (Å²) in [7, 11) is 0. The maximum Gasteiger partial charge on any atom is 0.251 e. The number of oxazole rings is 1. The van der Waals surface area contributed by atoms with Crippen LogP contribution in [0.3, 0.4) is 0 Å². The first-order chi connectivity index (χ1) is 10.1. The van der Waals surface area contributed by atoms with Gasteiger partial charge in [0.1, 0.15) is 5.76 Å². The third-order valence-electron chi connectivity index (χ3n) is 2.92. The SMILES string of the molecule is CC.Cc1ncc(CNC(=O)c2ccccc2C(C)C)o1. The summed E-state index contributed by atoms with van der Waals surface area (Å²) in [5.74, 6) is 1.49. The maximum absolute atomic E-state index is 12.2. The van der Waals surface area contributed by atoms with Crippen molar-refractivity contribution in [3.8, 4) is 0 Å². The largest absolute Gasteiger partial charge is 0.444 e. The molecule has 1 aromatic carbocycles. The van der Waals surface area contributed by atoms with Crippen molar-refractivity contribution in [2.45, 2.75) is 47.1 Å². The Morgan fingerprint density at radius 1 is 1.29 bits per heavy atom. The Morgan fingerprint density at radius 2 is 1.95 bits per heavy atom. The molecule has 0 fully saturated rings. The van der Waals surface area contributed by atoms with Gasteiger partial charge in [0.05, 0.1) is 12.7 Å². The van der Waals surface area contributed by atoms with Crippen LogP contribution in [0.15, 0.2) is 34.9 Å². The Morgan fingerprint density at radius 3 is 2.52 bits per heavy atom. The molecular formula is C17H24N2O2. The molecule has 1 N–H and O–H groups in total. The molecule has 4 heteroatoms. The van der Waals surface area contributed by atoms with E-state index < -0.39 is 0 Å². The van der Waals surface area contributed by atoms with Gasteiger partial charge in [-0.1, -0.05) is 45.9 Å². The molecule has 0 saturated heterocycles. The van der Waals surface area contributed by atoms with Gasteiger partial charge in [0.15, 0.2) is 5.89 Å². The number of hydrogen-bond donors (Lipinski definition) is 1. The van der Waals surface area contributed by atoms with Crippen LogP contribution in [0.25, 0.3) is 0 Å². The van der Waals surface area contributed by atoms with Crippen molar-refractivity contribution < 1.29 is 9.21 Å². The molecule has 1 amide bonds. The van der Waals surface area contributed by atoms with Gasteiger partial charge < -0.3 is 9.73 Å². The Hall–Kier alpha value is -2.10. The van der Waals surface area contributed by atoms with Crippen molar-refractivity contribution in [3.05, 3.63) is 53.2 Å². The van der Waals surface area contributed by atoms with Crippen LogP contribution < -0.4 is 5.32 Å². The molecule has 21 heavy (non-hydrogen) atoms. The number of aryl methyl sites for hydroxylation is 1. The number of nitrogens with zero attached hydrogens (tertiary/aromatic N) is 1. The summed E-state index contributed by atoms with van der Waals surface area (Å²) in [6, 6.07) is 7.65. The third kappa shape index (κ3) is 4.74. The smallest absolute Gasteiger partial charge is 0.251 e. The lowest BCUT2D eigenvalue weighted by Crippen LogP contribution is -2.24. The van der Waals surface area contributed by atoms with E-state index >= 15 is 0 Å². The number of aromatic nitrogens is 1. The lowest BCUT2D eigenvalue weighted by atomic mass is 9.97. The van der Waals surface area contributed by atoms with Crippen molar-refractivity contribution in [1.29, 1.82) is 0 Å². The summed E-state index contributed by atoms with van der Waals surface area (Å²) in [6.07, 6.45) is 1.63. The Balaban J connectivity index is 0.00000106. The van der Waals surface area contributed by atoms with E-state index in [1.807, 2.05) is 38.1 Å². The molecule has 2 rings (SSSR count). The fourth-order valence-corrected chi connectivity index (χ4v) is 1.96. The second-order valence-electron chi connectivity index (χ2n) is 4.77. The normalized spacial score (nSPS) is 10.0. The van der Waals surface area contributed by atoms with Crippen LogP contribution in [0.2, 0.25) is 0 Å². The Bertz CT molecular complexity index is 574. The molecule has 4 nitrogen and oxygen atoms in total. The molecule has 0 aliphatic rings. The molecule has 114 valence electrons. The number of rotatable bonds is 4. The molecule has 0 radical (unpaired) electrons. The number of nitrogens with one attached hydrogen (secondary N) is 1. The molecule has 2 aromatic rings. The summed E-state index contributed by atoms with van der Waals surface area (Å²) in [5.41, 5.74) is 1.77. The second-order valence-corrected chi connectivity index (χ2v) is 4.77. The zero-order valence-corrected chi connectivity index (χ0v) is 13.4. The number of amides is 1. The van der Waals surface area contributed by atoms with Crippen LogP contribution in [0.5, 0.6) is 0 Å². The highest BCUT2D eigenvalue weighted by atomic mass is 16.4. The van der Waals surface area contributed by atoms with Crippen LogP contribution in [0.4, 0.5) is 0 Å². The first kappa shape index (κ1) is 17.0. The predicted molar refractivity (Wildman–Crippen MR) is 84.3 cm³/mol. The molecule has 0 atom stereocenters. The quantitative estimate of drug-likeness (QED) is 0.923. The lowest BCUT2D eigenvalue weighted by molar-refractivity contribution is 0.0946. The first-order valence-corrected chi connectivity index (χ1v) is 7.36. The van der Waals surface area contributed by atoms with Crippen LogP contribution in [0, 0.1) is 6.92 Å². The number of carbonyl (C=O) groups is 1. The summed E-state index contributed by atoms with van der Waals surface area (Å²) in [5, 5.41) is 2.85. The van der Waals surface area contributed by atoms with Gasteiger partial charge in [0.2, 0.25) is 0 Å². The van der Waals surface area contributed by atoms with E-state index in [1.165, 1.54) is 0 Å². The number of hydrogen-bond acceptors (Lipinski definition) is 3. The van der Waals surface area contributed by atoms with Crippen molar-refractivity contribution in [3.63, 3.8) is 0 Å². The van der Waals surface area contributed by atoms with E-state index in [0.717, 1.165) is 5.56 Å². The molecule has 0 aliphatic carbocycles. The highest BCUT2D eigenvalue weighted by Crippen LogP contribution is 2.19. The van der Waals surface area contributed by atoms with E-state index in [1.54, 1.807) is 13.1 Å². The summed E-state index contributed by atoms with van der Waals surface area (Å²) >= 11 is 0. The first-order valence-electron chi connectivity index (χ1n) is 7.36. The van der Waals surface area contributed by atoms with Gasteiger partial charge in [-0.05, 0) is 17.5 Å². The van der Waals surface area contributed by atoms with E-state index in [0.29, 0.717) is 29.7 Å². The lowest BCUT2D eigenvalue weighted by Gasteiger charge is -2.11. The van der Waals surface area contributed by atoms with Crippen LogP contribution in [0.1, 0.15) is 61.2 Å². The molecule has 1 aromatic heterocycles. The minimum absolute atomic E-state index is 0.0849. The molecule has 0 saturated carbocycles. The van der Waals surface area contributed by atoms with Gasteiger partial charge in [-0.15, -0.1) is 0 Å². The molecule has 0 unspecified atom stereocenters. The average molecular weight is 288 g/mol. The van der Waals surface area contributed by atoms with Crippen molar-refractivity contribution in [2.75, 3.05) is 0 Å². The van der Waals surface area contributed by atoms with E-state index in [-0.39, 0.29) is 5.91 Å². The van der Waals surface area contributed by atoms with E-state index in [4.69, 9.17) is 4.42 Å². The van der Waals surface area contributed by atoms with Crippen molar-refractivity contribution in [1.82, 2.24) is 10.3 Å². The number of carbonyl (C=O) groups excluding carboxylic acids is 1. The summed E-state index contributed by atoms with van der Waals surface area (Å²) in [6.45, 7) is 10.3. The maximum atomic E-state index is 12.2. The van der Waals surface area contributed by atoms with E-state index in [2.05, 4.69) is 24.1 Å². The molecule has 1 heterocycles. The Kier molecular flexibility index (Phi) is 6.66. The highest BCUT2D eigenvalue weighted by Gasteiger charge is 2.13. The van der Waals surface area contributed by atoms with Crippen LogP contribution in [-0.4, -0.2) is 10.9 Å². The highest BCUT2D eigenvalue weighted by molar-refractivity contribution is 5.95. The number of benzene rings is 1. The predicted octanol–water partition coefficient (Wildman–Crippen LogP) is 4.06. The summed E-state index contributed by atoms with van der Waals surface area (Å²) in [4.78, 5) is 16.2. The van der Waals surface area contributed by atoms with Gasteiger partial charge in [-0.2, -0.15) is 0 Å². The average Bonchev–Trinajstić information content (AvgIpc) is 2.92. The van der Waals surface area contributed by atoms with Crippen LogP contribution >= 0.6 is 0 Å². The van der Waals surface area contributed by atoms with Crippen LogP contribution in [-0.2, 0) is 6.54 Å². The van der Waals surface area contributed by atoms with Gasteiger partial charge in [0, 0.05) is 12.5 Å².